The van der Waals surface area contributed by atoms with Gasteiger partial charge in [0.05, 0.1) is 0 Å². The molecule has 14 heavy (non-hydrogen) atoms. The Labute approximate surface area is 94.1 Å². The Balaban J connectivity index is 2.42. The maximum atomic E-state index is 5.64. The Morgan fingerprint density at radius 1 is 1.57 bits per heavy atom. The van der Waals surface area contributed by atoms with Gasteiger partial charge >= 0.3 is 0 Å². The van der Waals surface area contributed by atoms with Crippen molar-refractivity contribution in [1.29, 1.82) is 0 Å². The van der Waals surface area contributed by atoms with Gasteiger partial charge in [0.25, 0.3) is 0 Å². The first kappa shape index (κ1) is 11.7. The number of nitrogens with zero attached hydrogens (tertiary/aromatic N) is 2. The Morgan fingerprint density at radius 3 is 3.00 bits per heavy atom. The summed E-state index contributed by atoms with van der Waals surface area (Å²) in [5, 5.41) is 4.19. The zero-order chi connectivity index (χ0) is 10.4. The third-order valence-electron chi connectivity index (χ3n) is 1.85. The molecular weight excluding hydrogens is 218 g/mol. The summed E-state index contributed by atoms with van der Waals surface area (Å²) in [6.45, 7) is 4.23. The summed E-state index contributed by atoms with van der Waals surface area (Å²) >= 11 is 7.07. The minimum Gasteiger partial charge on any atom is -0.358 e. The maximum absolute atomic E-state index is 5.64. The van der Waals surface area contributed by atoms with Crippen molar-refractivity contribution < 1.29 is 0 Å². The summed E-state index contributed by atoms with van der Waals surface area (Å²) in [7, 11) is 0. The van der Waals surface area contributed by atoms with Gasteiger partial charge in [-0.3, -0.25) is 0 Å². The van der Waals surface area contributed by atoms with Gasteiger partial charge in [0.2, 0.25) is 5.13 Å². The van der Waals surface area contributed by atoms with Gasteiger partial charge in [0, 0.05) is 29.9 Å². The fourth-order valence-corrected chi connectivity index (χ4v) is 2.14. The molecule has 0 saturated carbocycles. The quantitative estimate of drug-likeness (QED) is 0.768. The number of hydrogen-bond acceptors (Lipinski definition) is 4. The Bertz CT molecular complexity index is 264. The van der Waals surface area contributed by atoms with Crippen LogP contribution in [0.4, 0.5) is 5.13 Å². The molecule has 0 aliphatic carbocycles. The van der Waals surface area contributed by atoms with Crippen LogP contribution in [0.5, 0.6) is 0 Å². The highest BCUT2D eigenvalue weighted by Gasteiger charge is 2.06. The van der Waals surface area contributed by atoms with E-state index in [2.05, 4.69) is 28.5 Å². The zero-order valence-electron chi connectivity index (χ0n) is 8.59. The summed E-state index contributed by atoms with van der Waals surface area (Å²) in [4.78, 5) is 4.38. The van der Waals surface area contributed by atoms with E-state index in [-0.39, 0.29) is 0 Å². The van der Waals surface area contributed by atoms with E-state index in [9.17, 15) is 0 Å². The second-order valence-corrected chi connectivity index (χ2v) is 4.42. The van der Waals surface area contributed by atoms with E-state index in [0.29, 0.717) is 11.9 Å². The molecule has 0 saturated heterocycles. The molecule has 80 valence electrons. The van der Waals surface area contributed by atoms with Crippen LogP contribution in [0.25, 0.3) is 0 Å². The molecule has 0 fully saturated rings. The fourth-order valence-electron chi connectivity index (χ4n) is 1.08. The lowest BCUT2D eigenvalue weighted by atomic mass is 10.3. The summed E-state index contributed by atoms with van der Waals surface area (Å²) in [6.07, 6.45) is 3.00. The molecule has 0 aliphatic rings. The third kappa shape index (κ3) is 3.80. The van der Waals surface area contributed by atoms with Gasteiger partial charge < -0.3 is 5.32 Å². The van der Waals surface area contributed by atoms with Crippen LogP contribution in [0, 0.1) is 0 Å². The summed E-state index contributed by atoms with van der Waals surface area (Å²) in [5.41, 5.74) is 0. The lowest BCUT2D eigenvalue weighted by Gasteiger charge is -2.09. The van der Waals surface area contributed by atoms with Gasteiger partial charge in [0.15, 0.2) is 0 Å². The number of hydrogen-bond donors (Lipinski definition) is 1. The van der Waals surface area contributed by atoms with Gasteiger partial charge in [-0.1, -0.05) is 6.92 Å². The van der Waals surface area contributed by atoms with E-state index in [4.69, 9.17) is 11.6 Å². The van der Waals surface area contributed by atoms with Crippen LogP contribution >= 0.6 is 23.1 Å². The minimum atomic E-state index is 0.370. The van der Waals surface area contributed by atoms with Crippen LogP contribution in [0.15, 0.2) is 0 Å². The molecule has 1 unspecified atom stereocenters. The van der Waals surface area contributed by atoms with E-state index in [0.717, 1.165) is 30.2 Å². The molecule has 1 aromatic heterocycles. The minimum absolute atomic E-state index is 0.370. The van der Waals surface area contributed by atoms with Crippen LogP contribution in [-0.4, -0.2) is 21.3 Å². The van der Waals surface area contributed by atoms with Gasteiger partial charge in [-0.25, -0.2) is 4.98 Å². The van der Waals surface area contributed by atoms with Crippen LogP contribution in [0.1, 0.15) is 32.5 Å². The standard InChI is InChI=1S/C9H16ClN3S/c1-3-4-8-12-9(14-13-8)11-7(2)5-6-10/h7H,3-6H2,1-2H3,(H,11,12,13). The average Bonchev–Trinajstić information content (AvgIpc) is 2.53. The number of halogens is 1. The molecule has 1 aromatic rings. The number of alkyl halides is 1. The molecule has 5 heteroatoms. The van der Waals surface area contributed by atoms with E-state index in [1.807, 2.05) is 0 Å². The average molecular weight is 234 g/mol. The predicted molar refractivity (Wildman–Crippen MR) is 62.3 cm³/mol. The highest BCUT2D eigenvalue weighted by Crippen LogP contribution is 2.14. The summed E-state index contributed by atoms with van der Waals surface area (Å²) in [5.74, 6) is 1.62. The highest BCUT2D eigenvalue weighted by atomic mass is 35.5. The lowest BCUT2D eigenvalue weighted by molar-refractivity contribution is 0.765. The van der Waals surface area contributed by atoms with E-state index < -0.39 is 0 Å². The smallest absolute Gasteiger partial charge is 0.202 e. The van der Waals surface area contributed by atoms with Crippen molar-refractivity contribution in [3.8, 4) is 0 Å². The van der Waals surface area contributed by atoms with Gasteiger partial charge in [0.1, 0.15) is 5.82 Å². The Hall–Kier alpha value is -0.350. The topological polar surface area (TPSA) is 37.8 Å². The van der Waals surface area contributed by atoms with Crippen molar-refractivity contribution in [2.75, 3.05) is 11.2 Å². The SMILES string of the molecule is CCCc1nsc(NC(C)CCCl)n1. The van der Waals surface area contributed by atoms with Crippen molar-refractivity contribution in [3.05, 3.63) is 5.82 Å². The molecule has 3 nitrogen and oxygen atoms in total. The molecule has 1 rings (SSSR count). The number of rotatable bonds is 6. The molecule has 0 bridgehead atoms. The first-order valence-corrected chi connectivity index (χ1v) is 6.22. The first-order valence-electron chi connectivity index (χ1n) is 4.91. The largest absolute Gasteiger partial charge is 0.358 e. The third-order valence-corrected chi connectivity index (χ3v) is 2.76. The molecule has 1 atom stereocenters. The van der Waals surface area contributed by atoms with Crippen molar-refractivity contribution in [3.63, 3.8) is 0 Å². The van der Waals surface area contributed by atoms with Crippen molar-refractivity contribution in [2.45, 2.75) is 39.2 Å². The Kier molecular flexibility index (Phi) is 5.19. The van der Waals surface area contributed by atoms with Crippen LogP contribution in [0.3, 0.4) is 0 Å². The molecule has 1 N–H and O–H groups in total. The van der Waals surface area contributed by atoms with Gasteiger partial charge in [-0.05, 0) is 19.8 Å². The lowest BCUT2D eigenvalue weighted by Crippen LogP contribution is -2.15. The van der Waals surface area contributed by atoms with E-state index in [1.165, 1.54) is 11.5 Å². The zero-order valence-corrected chi connectivity index (χ0v) is 10.2. The molecular formula is C9H16ClN3S. The molecule has 0 aliphatic heterocycles. The second kappa shape index (κ2) is 6.19. The van der Waals surface area contributed by atoms with Crippen molar-refractivity contribution in [1.82, 2.24) is 9.36 Å². The second-order valence-electron chi connectivity index (χ2n) is 3.29. The van der Waals surface area contributed by atoms with Gasteiger partial charge in [-0.15, -0.1) is 11.6 Å². The first-order chi connectivity index (χ1) is 6.76. The highest BCUT2D eigenvalue weighted by molar-refractivity contribution is 7.09. The fraction of sp³-hybridized carbons (Fsp3) is 0.778. The molecule has 0 aromatic carbocycles. The normalized spacial score (nSPS) is 12.8. The van der Waals surface area contributed by atoms with Crippen molar-refractivity contribution in [2.24, 2.45) is 0 Å². The van der Waals surface area contributed by atoms with E-state index >= 15 is 0 Å². The van der Waals surface area contributed by atoms with Crippen LogP contribution < -0.4 is 5.32 Å². The molecule has 0 amide bonds. The number of anilines is 1. The van der Waals surface area contributed by atoms with E-state index in [1.54, 1.807) is 0 Å². The Morgan fingerprint density at radius 2 is 2.36 bits per heavy atom. The molecule has 0 radical (unpaired) electrons. The predicted octanol–water partition coefficient (Wildman–Crippen LogP) is 2.92. The summed E-state index contributed by atoms with van der Waals surface area (Å²) < 4.78 is 4.25. The van der Waals surface area contributed by atoms with Crippen molar-refractivity contribution >= 4 is 28.3 Å². The summed E-state index contributed by atoms with van der Waals surface area (Å²) in [6, 6.07) is 0.370. The maximum Gasteiger partial charge on any atom is 0.202 e. The van der Waals surface area contributed by atoms with Crippen LogP contribution in [-0.2, 0) is 6.42 Å². The number of nitrogens with one attached hydrogen (secondary N) is 1. The number of aryl methyl sites for hydroxylation is 1. The molecule has 0 spiro atoms. The van der Waals surface area contributed by atoms with Gasteiger partial charge in [-0.2, -0.15) is 4.37 Å². The van der Waals surface area contributed by atoms with Crippen LogP contribution in [0.2, 0.25) is 0 Å². The monoisotopic (exact) mass is 233 g/mol. The molecule has 1 heterocycles. The number of aromatic nitrogens is 2.